The summed E-state index contributed by atoms with van der Waals surface area (Å²) in [4.78, 5) is 26.0. The Bertz CT molecular complexity index is 944. The van der Waals surface area contributed by atoms with Gasteiger partial charge in [-0.15, -0.1) is 11.3 Å². The minimum Gasteiger partial charge on any atom is -0.493 e. The van der Waals surface area contributed by atoms with Crippen molar-refractivity contribution in [3.05, 3.63) is 71.1 Å². The Morgan fingerprint density at radius 2 is 2.04 bits per heavy atom. The van der Waals surface area contributed by atoms with E-state index in [4.69, 9.17) is 9.47 Å². The number of hydrogen-bond donors (Lipinski definition) is 1. The molecule has 0 aliphatic heterocycles. The maximum Gasteiger partial charge on any atom is 0.257 e. The number of benzene rings is 1. The minimum atomic E-state index is -0.326. The maximum atomic E-state index is 12.6. The number of aromatic nitrogens is 3. The summed E-state index contributed by atoms with van der Waals surface area (Å²) >= 11 is 1.60. The molecule has 144 valence electrons. The van der Waals surface area contributed by atoms with Crippen LogP contribution in [0.5, 0.6) is 11.5 Å². The van der Waals surface area contributed by atoms with Crippen LogP contribution < -0.4 is 14.8 Å². The first-order chi connectivity index (χ1) is 13.7. The highest BCUT2D eigenvalue weighted by molar-refractivity contribution is 7.09. The monoisotopic (exact) mass is 396 g/mol. The van der Waals surface area contributed by atoms with E-state index < -0.39 is 0 Å². The zero-order valence-corrected chi connectivity index (χ0v) is 16.2. The van der Waals surface area contributed by atoms with Gasteiger partial charge in [0.25, 0.3) is 5.91 Å². The number of nitrogens with zero attached hydrogens (tertiary/aromatic N) is 3. The van der Waals surface area contributed by atoms with Crippen LogP contribution in [0.1, 0.15) is 20.9 Å². The second kappa shape index (κ2) is 9.61. The van der Waals surface area contributed by atoms with Crippen LogP contribution in [-0.2, 0) is 6.42 Å². The van der Waals surface area contributed by atoms with E-state index in [0.717, 1.165) is 12.1 Å². The number of aryl methyl sites for hydroxylation is 1. The molecule has 0 unspecified atom stereocenters. The molecule has 1 aromatic carbocycles. The third kappa shape index (κ3) is 5.37. The average molecular weight is 396 g/mol. The van der Waals surface area contributed by atoms with E-state index >= 15 is 0 Å². The predicted octanol–water partition coefficient (Wildman–Crippen LogP) is 3.68. The van der Waals surface area contributed by atoms with Crippen molar-refractivity contribution in [1.82, 2.24) is 15.0 Å². The molecular weight excluding hydrogens is 376 g/mol. The van der Waals surface area contributed by atoms with Crippen LogP contribution in [0.4, 0.5) is 5.82 Å². The third-order valence-corrected chi connectivity index (χ3v) is 4.75. The number of ether oxygens (including phenoxy) is 2. The van der Waals surface area contributed by atoms with Gasteiger partial charge in [-0.2, -0.15) is 0 Å². The fourth-order valence-electron chi connectivity index (χ4n) is 2.40. The summed E-state index contributed by atoms with van der Waals surface area (Å²) in [7, 11) is 0. The molecule has 1 N–H and O–H groups in total. The van der Waals surface area contributed by atoms with Crippen molar-refractivity contribution >= 4 is 23.1 Å². The zero-order chi connectivity index (χ0) is 19.8. The average Bonchev–Trinajstić information content (AvgIpc) is 3.12. The minimum absolute atomic E-state index is 0.326. The number of anilines is 1. The number of carbonyl (C=O) groups is 1. The Hall–Kier alpha value is -3.26. The lowest BCUT2D eigenvalue weighted by Gasteiger charge is -2.12. The highest BCUT2D eigenvalue weighted by Crippen LogP contribution is 2.24. The Kier molecular flexibility index (Phi) is 6.69. The molecule has 0 spiro atoms. The number of rotatable bonds is 9. The number of carbonyl (C=O) groups excluding carboxylic acids is 1. The molecule has 0 bridgehead atoms. The van der Waals surface area contributed by atoms with E-state index in [1.807, 2.05) is 12.4 Å². The Morgan fingerprint density at radius 3 is 2.71 bits per heavy atom. The lowest BCUT2D eigenvalue weighted by atomic mass is 10.2. The summed E-state index contributed by atoms with van der Waals surface area (Å²) in [5.41, 5.74) is 3.24. The van der Waals surface area contributed by atoms with Crippen LogP contribution in [0.25, 0.3) is 0 Å². The molecule has 7 nitrogen and oxygen atoms in total. The van der Waals surface area contributed by atoms with Gasteiger partial charge in [0.15, 0.2) is 5.82 Å². The first kappa shape index (κ1) is 19.5. The molecule has 3 rings (SSSR count). The maximum absolute atomic E-state index is 12.6. The first-order valence-corrected chi connectivity index (χ1v) is 9.51. The lowest BCUT2D eigenvalue weighted by Crippen LogP contribution is -2.14. The molecule has 1 amide bonds. The summed E-state index contributed by atoms with van der Waals surface area (Å²) in [5.74, 6) is 1.12. The normalized spacial score (nSPS) is 10.3. The first-order valence-electron chi connectivity index (χ1n) is 8.63. The third-order valence-electron chi connectivity index (χ3n) is 3.76. The highest BCUT2D eigenvalue weighted by atomic mass is 32.1. The fraction of sp³-hybridized carbons (Fsp3) is 0.200. The number of nitrogens with one attached hydrogen (secondary N) is 1. The van der Waals surface area contributed by atoms with Crippen LogP contribution in [0, 0.1) is 6.92 Å². The highest BCUT2D eigenvalue weighted by Gasteiger charge is 2.12. The van der Waals surface area contributed by atoms with E-state index in [0.29, 0.717) is 36.1 Å². The van der Waals surface area contributed by atoms with Crippen molar-refractivity contribution in [3.8, 4) is 11.5 Å². The second-order valence-corrected chi connectivity index (χ2v) is 6.74. The summed E-state index contributed by atoms with van der Waals surface area (Å²) in [6.07, 6.45) is 6.91. The number of thiazole rings is 1. The molecule has 0 aliphatic carbocycles. The summed E-state index contributed by atoms with van der Waals surface area (Å²) in [6, 6.07) is 5.07. The van der Waals surface area contributed by atoms with E-state index in [-0.39, 0.29) is 5.91 Å². The number of amides is 1. The SMILES string of the molecule is C=CCOc1cc(OCCc2scnc2C)cc(C(=O)Nc2cnccn2)c1. The largest absolute Gasteiger partial charge is 0.493 e. The van der Waals surface area contributed by atoms with Crippen molar-refractivity contribution in [2.24, 2.45) is 0 Å². The molecular formula is C20H20N4O3S. The zero-order valence-electron chi connectivity index (χ0n) is 15.4. The molecule has 2 heterocycles. The fourth-order valence-corrected chi connectivity index (χ4v) is 3.17. The van der Waals surface area contributed by atoms with Crippen LogP contribution >= 0.6 is 11.3 Å². The summed E-state index contributed by atoms with van der Waals surface area (Å²) in [6.45, 7) is 6.42. The van der Waals surface area contributed by atoms with Crippen molar-refractivity contribution in [1.29, 1.82) is 0 Å². The molecule has 8 heteroatoms. The molecule has 3 aromatic rings. The van der Waals surface area contributed by atoms with Gasteiger partial charge >= 0.3 is 0 Å². The van der Waals surface area contributed by atoms with E-state index in [9.17, 15) is 4.79 Å². The smallest absolute Gasteiger partial charge is 0.257 e. The van der Waals surface area contributed by atoms with E-state index in [1.165, 1.54) is 23.5 Å². The molecule has 0 atom stereocenters. The molecule has 28 heavy (non-hydrogen) atoms. The van der Waals surface area contributed by atoms with Crippen LogP contribution in [-0.4, -0.2) is 34.1 Å². The van der Waals surface area contributed by atoms with Crippen LogP contribution in [0.2, 0.25) is 0 Å². The standard InChI is InChI=1S/C20H20N4O3S/c1-3-7-26-16-9-15(20(25)24-19-12-21-5-6-22-19)10-17(11-16)27-8-4-18-14(2)23-13-28-18/h3,5-6,9-13H,1,4,7-8H2,2H3,(H,22,24,25). The molecule has 0 saturated carbocycles. The lowest BCUT2D eigenvalue weighted by molar-refractivity contribution is 0.102. The predicted molar refractivity (Wildman–Crippen MR) is 108 cm³/mol. The van der Waals surface area contributed by atoms with Gasteiger partial charge in [-0.05, 0) is 19.1 Å². The molecule has 0 saturated heterocycles. The Morgan fingerprint density at radius 1 is 1.21 bits per heavy atom. The second-order valence-electron chi connectivity index (χ2n) is 5.80. The van der Waals surface area contributed by atoms with Crippen LogP contribution in [0.3, 0.4) is 0 Å². The van der Waals surface area contributed by atoms with Gasteiger partial charge in [-0.25, -0.2) is 9.97 Å². The van der Waals surface area contributed by atoms with Crippen LogP contribution in [0.15, 0.2) is 55.0 Å². The quantitative estimate of drug-likeness (QED) is 0.555. The van der Waals surface area contributed by atoms with Gasteiger partial charge in [-0.3, -0.25) is 9.78 Å². The van der Waals surface area contributed by atoms with Crippen molar-refractivity contribution in [2.45, 2.75) is 13.3 Å². The Labute approximate surface area is 167 Å². The number of hydrogen-bond acceptors (Lipinski definition) is 7. The van der Waals surface area contributed by atoms with Crippen molar-refractivity contribution in [2.75, 3.05) is 18.5 Å². The topological polar surface area (TPSA) is 86.2 Å². The summed E-state index contributed by atoms with van der Waals surface area (Å²) < 4.78 is 11.5. The van der Waals surface area contributed by atoms with Gasteiger partial charge in [0.1, 0.15) is 18.1 Å². The van der Waals surface area contributed by atoms with Crippen molar-refractivity contribution < 1.29 is 14.3 Å². The van der Waals surface area contributed by atoms with E-state index in [2.05, 4.69) is 26.8 Å². The summed E-state index contributed by atoms with van der Waals surface area (Å²) in [5, 5.41) is 2.70. The van der Waals surface area contributed by atoms with Gasteiger partial charge in [-0.1, -0.05) is 12.7 Å². The van der Waals surface area contributed by atoms with Gasteiger partial charge < -0.3 is 14.8 Å². The van der Waals surface area contributed by atoms with Crippen molar-refractivity contribution in [3.63, 3.8) is 0 Å². The molecule has 0 radical (unpaired) electrons. The van der Waals surface area contributed by atoms with Gasteiger partial charge in [0.2, 0.25) is 0 Å². The molecule has 2 aromatic heterocycles. The van der Waals surface area contributed by atoms with Gasteiger partial charge in [0, 0.05) is 35.3 Å². The van der Waals surface area contributed by atoms with Gasteiger partial charge in [0.05, 0.1) is 24.0 Å². The molecule has 0 fully saturated rings. The van der Waals surface area contributed by atoms with E-state index in [1.54, 1.807) is 35.6 Å². The Balaban J connectivity index is 1.73. The molecule has 0 aliphatic rings.